The van der Waals surface area contributed by atoms with Crippen molar-refractivity contribution in [3.63, 3.8) is 0 Å². The van der Waals surface area contributed by atoms with E-state index in [1.54, 1.807) is 4.90 Å². The number of rotatable bonds is 8. The minimum absolute atomic E-state index is 0.160. The molecule has 2 aliphatic rings. The summed E-state index contributed by atoms with van der Waals surface area (Å²) in [4.78, 5) is 51.6. The molecule has 0 spiro atoms. The Balaban J connectivity index is 1.64. The summed E-state index contributed by atoms with van der Waals surface area (Å²) in [5, 5.41) is 2.69. The van der Waals surface area contributed by atoms with Crippen LogP contribution in [0.15, 0.2) is 12.2 Å². The van der Waals surface area contributed by atoms with Crippen LogP contribution < -0.4 is 5.32 Å². The number of imide groups is 1. The fraction of sp³-hybridized carbons (Fsp3) is 0.850. The van der Waals surface area contributed by atoms with E-state index in [2.05, 4.69) is 5.32 Å². The zero-order valence-corrected chi connectivity index (χ0v) is 35.5. The van der Waals surface area contributed by atoms with Crippen molar-refractivity contribution in [2.24, 2.45) is 0 Å². The molecule has 2 aliphatic heterocycles. The first-order chi connectivity index (χ1) is 29.6. The Kier molecular flexibility index (Phi) is 36.0. The number of nitrogens with zero attached hydrogens (tertiary/aromatic N) is 2. The van der Waals surface area contributed by atoms with Crippen molar-refractivity contribution in [2.45, 2.75) is 25.7 Å². The molecule has 0 aromatic rings. The largest absolute Gasteiger partial charge is 0.377 e. The molecule has 0 atom stereocenters. The van der Waals surface area contributed by atoms with Crippen molar-refractivity contribution in [2.75, 3.05) is 198 Å². The molecule has 0 saturated carbocycles. The molecule has 0 aliphatic carbocycles. The van der Waals surface area contributed by atoms with Gasteiger partial charge in [-0.05, 0) is 12.8 Å². The maximum absolute atomic E-state index is 13.1. The zero-order chi connectivity index (χ0) is 42.8. The summed E-state index contributed by atoms with van der Waals surface area (Å²) < 4.78 is 72.1. The van der Waals surface area contributed by atoms with Crippen molar-refractivity contribution in [3.05, 3.63) is 12.2 Å². The number of hydrogen-bond donors (Lipinski definition) is 1. The smallest absolute Gasteiger partial charge is 0.253 e. The van der Waals surface area contributed by atoms with E-state index >= 15 is 0 Å². The lowest BCUT2D eigenvalue weighted by Crippen LogP contribution is -2.43. The highest BCUT2D eigenvalue weighted by atomic mass is 16.6. The van der Waals surface area contributed by atoms with E-state index in [1.165, 1.54) is 17.1 Å². The minimum Gasteiger partial charge on any atom is -0.377 e. The fourth-order valence-corrected chi connectivity index (χ4v) is 5.21. The van der Waals surface area contributed by atoms with E-state index in [-0.39, 0.29) is 49.8 Å². The molecule has 348 valence electrons. The molecular weight excluding hydrogens is 794 g/mol. The molecule has 20 heteroatoms. The van der Waals surface area contributed by atoms with Gasteiger partial charge in [-0.1, -0.05) is 6.42 Å². The standard InChI is InChI=1S/C40H71N3O17/c44-37(4-2-1-3-7-43-38(45)5-6-39(43)46)41-36-40(47)42-8-10-48-12-14-50-16-18-52-20-22-54-24-26-56-28-30-58-32-34-60-35-33-59-31-29-57-27-25-55-23-21-53-19-17-51-15-13-49-11-9-42/h5-6H,1-4,7-36H2,(H,41,44). The van der Waals surface area contributed by atoms with Gasteiger partial charge in [0.25, 0.3) is 11.8 Å². The van der Waals surface area contributed by atoms with Gasteiger partial charge in [0, 0.05) is 38.2 Å². The third-order valence-electron chi connectivity index (χ3n) is 8.45. The first-order valence-electron chi connectivity index (χ1n) is 21.2. The van der Waals surface area contributed by atoms with Crippen molar-refractivity contribution < 1.29 is 80.8 Å². The lowest BCUT2D eigenvalue weighted by atomic mass is 10.2. The van der Waals surface area contributed by atoms with Gasteiger partial charge in [-0.15, -0.1) is 0 Å². The summed E-state index contributed by atoms with van der Waals surface area (Å²) >= 11 is 0. The molecule has 2 heterocycles. The summed E-state index contributed by atoms with van der Waals surface area (Å²) in [6.45, 7) is 11.8. The Labute approximate surface area is 354 Å². The summed E-state index contributed by atoms with van der Waals surface area (Å²) in [5.74, 6) is -1.14. The van der Waals surface area contributed by atoms with E-state index in [0.717, 1.165) is 0 Å². The quantitative estimate of drug-likeness (QED) is 0.244. The molecule has 2 rings (SSSR count). The van der Waals surface area contributed by atoms with Crippen LogP contribution in [0.2, 0.25) is 0 Å². The second kappa shape index (κ2) is 40.4. The Morgan fingerprint density at radius 2 is 0.700 bits per heavy atom. The van der Waals surface area contributed by atoms with Crippen molar-refractivity contribution in [1.29, 1.82) is 0 Å². The van der Waals surface area contributed by atoms with Crippen LogP contribution in [0.25, 0.3) is 0 Å². The van der Waals surface area contributed by atoms with Gasteiger partial charge in [-0.3, -0.25) is 24.1 Å². The molecule has 20 nitrogen and oxygen atoms in total. The SMILES string of the molecule is O=C(CCCCCN1C(=O)C=CC1=O)NCC(=O)N1CCOCCOCCOCCOCCOCCOCCOCCOCCOCCOCCOCCOCCOCC1. The predicted molar refractivity (Wildman–Crippen MR) is 215 cm³/mol. The molecule has 0 aromatic carbocycles. The van der Waals surface area contributed by atoms with Crippen LogP contribution in [-0.4, -0.2) is 231 Å². The number of hydrogen-bond acceptors (Lipinski definition) is 17. The van der Waals surface area contributed by atoms with E-state index < -0.39 is 0 Å². The van der Waals surface area contributed by atoms with Gasteiger partial charge in [-0.25, -0.2) is 0 Å². The van der Waals surface area contributed by atoms with Crippen LogP contribution in [0.4, 0.5) is 0 Å². The number of ether oxygens (including phenoxy) is 13. The summed E-state index contributed by atoms with van der Waals surface area (Å²) in [6, 6.07) is 0. The molecule has 0 unspecified atom stereocenters. The minimum atomic E-state index is -0.315. The lowest BCUT2D eigenvalue weighted by Gasteiger charge is -2.23. The average molecular weight is 866 g/mol. The van der Waals surface area contributed by atoms with Crippen LogP contribution in [0.5, 0.6) is 0 Å². The van der Waals surface area contributed by atoms with Crippen LogP contribution in [0.1, 0.15) is 25.7 Å². The summed E-state index contributed by atoms with van der Waals surface area (Å²) in [5.41, 5.74) is 0. The third kappa shape index (κ3) is 32.1. The molecular formula is C40H71N3O17. The molecule has 1 N–H and O–H groups in total. The Bertz CT molecular complexity index is 1050. The highest BCUT2D eigenvalue weighted by Crippen LogP contribution is 2.08. The molecule has 0 aromatic heterocycles. The van der Waals surface area contributed by atoms with Crippen molar-refractivity contribution >= 4 is 23.6 Å². The molecule has 0 radical (unpaired) electrons. The van der Waals surface area contributed by atoms with Crippen molar-refractivity contribution in [3.8, 4) is 0 Å². The highest BCUT2D eigenvalue weighted by molar-refractivity contribution is 6.12. The lowest BCUT2D eigenvalue weighted by molar-refractivity contribution is -0.137. The van der Waals surface area contributed by atoms with Gasteiger partial charge in [0.2, 0.25) is 11.8 Å². The monoisotopic (exact) mass is 865 g/mol. The van der Waals surface area contributed by atoms with E-state index in [1.807, 2.05) is 0 Å². The highest BCUT2D eigenvalue weighted by Gasteiger charge is 2.22. The second-order valence-electron chi connectivity index (χ2n) is 13.1. The predicted octanol–water partition coefficient (Wildman–Crippen LogP) is -0.354. The van der Waals surface area contributed by atoms with Gasteiger partial charge in [0.1, 0.15) is 0 Å². The van der Waals surface area contributed by atoms with E-state index in [9.17, 15) is 19.2 Å². The average Bonchev–Trinajstić information content (AvgIpc) is 3.57. The first-order valence-corrected chi connectivity index (χ1v) is 21.2. The van der Waals surface area contributed by atoms with Gasteiger partial charge >= 0.3 is 0 Å². The zero-order valence-electron chi connectivity index (χ0n) is 35.5. The van der Waals surface area contributed by atoms with Gasteiger partial charge in [0.15, 0.2) is 0 Å². The third-order valence-corrected chi connectivity index (χ3v) is 8.45. The van der Waals surface area contributed by atoms with Crippen LogP contribution in [0, 0.1) is 0 Å². The summed E-state index contributed by atoms with van der Waals surface area (Å²) in [6.07, 6.45) is 4.56. The number of amides is 4. The Morgan fingerprint density at radius 3 is 1.00 bits per heavy atom. The summed E-state index contributed by atoms with van der Waals surface area (Å²) in [7, 11) is 0. The Hall–Kier alpha value is -2.70. The topological polar surface area (TPSA) is 207 Å². The van der Waals surface area contributed by atoms with Crippen molar-refractivity contribution in [1.82, 2.24) is 15.1 Å². The number of nitrogens with one attached hydrogen (secondary N) is 1. The van der Waals surface area contributed by atoms with Crippen LogP contribution in [0.3, 0.4) is 0 Å². The number of carbonyl (C=O) groups excluding carboxylic acids is 4. The maximum atomic E-state index is 13.1. The van der Waals surface area contributed by atoms with E-state index in [4.69, 9.17) is 61.6 Å². The second-order valence-corrected chi connectivity index (χ2v) is 13.1. The maximum Gasteiger partial charge on any atom is 0.253 e. The molecule has 1 fully saturated rings. The van der Waals surface area contributed by atoms with Gasteiger partial charge in [0.05, 0.1) is 178 Å². The fourth-order valence-electron chi connectivity index (χ4n) is 5.21. The number of unbranched alkanes of at least 4 members (excludes halogenated alkanes) is 2. The normalized spacial score (nSPS) is 21.4. The molecule has 4 amide bonds. The van der Waals surface area contributed by atoms with Crippen LogP contribution >= 0.6 is 0 Å². The molecule has 1 saturated heterocycles. The van der Waals surface area contributed by atoms with Crippen LogP contribution in [-0.2, 0) is 80.8 Å². The Morgan fingerprint density at radius 1 is 0.417 bits per heavy atom. The van der Waals surface area contributed by atoms with Gasteiger partial charge < -0.3 is 71.8 Å². The number of carbonyl (C=O) groups is 4. The molecule has 0 bridgehead atoms. The first kappa shape index (κ1) is 53.4. The van der Waals surface area contributed by atoms with E-state index in [0.29, 0.717) is 197 Å². The molecule has 60 heavy (non-hydrogen) atoms. The van der Waals surface area contributed by atoms with Gasteiger partial charge in [-0.2, -0.15) is 0 Å².